The molecule has 2 aromatic carbocycles. The molecule has 5 heteroatoms. The van der Waals surface area contributed by atoms with Crippen LogP contribution < -0.4 is 10.2 Å². The molecule has 1 aliphatic rings. The first-order chi connectivity index (χ1) is 13.1. The maximum Gasteiger partial charge on any atom is 0.252 e. The van der Waals surface area contributed by atoms with E-state index in [0.29, 0.717) is 11.8 Å². The van der Waals surface area contributed by atoms with Crippen LogP contribution in [-0.4, -0.2) is 55.3 Å². The number of carbonyl (C=O) groups is 1. The predicted octanol–water partition coefficient (Wildman–Crippen LogP) is 3.74. The molecule has 0 aliphatic carbocycles. The van der Waals surface area contributed by atoms with Crippen molar-refractivity contribution in [2.24, 2.45) is 0 Å². The zero-order valence-electron chi connectivity index (χ0n) is 16.2. The highest BCUT2D eigenvalue weighted by molar-refractivity contribution is 8.00. The Hall–Kier alpha value is -1.98. The lowest BCUT2D eigenvalue weighted by atomic mass is 10.2. The number of amides is 1. The number of benzene rings is 2. The van der Waals surface area contributed by atoms with Crippen molar-refractivity contribution < 1.29 is 4.79 Å². The van der Waals surface area contributed by atoms with Gasteiger partial charge < -0.3 is 10.2 Å². The van der Waals surface area contributed by atoms with Crippen molar-refractivity contribution in [3.8, 4) is 0 Å². The van der Waals surface area contributed by atoms with Gasteiger partial charge in [0.15, 0.2) is 0 Å². The molecule has 3 rings (SSSR count). The highest BCUT2D eigenvalue weighted by Gasteiger charge is 2.17. The normalized spacial score (nSPS) is 15.1. The third-order valence-corrected chi connectivity index (χ3v) is 5.78. The Morgan fingerprint density at radius 2 is 1.67 bits per heavy atom. The van der Waals surface area contributed by atoms with E-state index in [0.717, 1.165) is 43.2 Å². The summed E-state index contributed by atoms with van der Waals surface area (Å²) in [5.74, 6) is 0.0293. The molecule has 144 valence electrons. The molecule has 1 fully saturated rings. The van der Waals surface area contributed by atoms with Crippen molar-refractivity contribution in [1.29, 1.82) is 0 Å². The minimum Gasteiger partial charge on any atom is -0.369 e. The molecule has 1 heterocycles. The lowest BCUT2D eigenvalue weighted by Gasteiger charge is -2.36. The molecule has 2 aromatic rings. The fourth-order valence-corrected chi connectivity index (χ4v) is 4.25. The highest BCUT2D eigenvalue weighted by atomic mass is 32.2. The van der Waals surface area contributed by atoms with Crippen LogP contribution >= 0.6 is 11.8 Å². The summed E-state index contributed by atoms with van der Waals surface area (Å²) < 4.78 is 0. The second-order valence-corrected chi connectivity index (χ2v) is 8.70. The first kappa shape index (κ1) is 19.8. The van der Waals surface area contributed by atoms with Crippen molar-refractivity contribution >= 4 is 23.4 Å². The molecule has 27 heavy (non-hydrogen) atoms. The highest BCUT2D eigenvalue weighted by Crippen LogP contribution is 2.26. The Labute approximate surface area is 166 Å². The number of rotatable bonds is 7. The average molecular weight is 384 g/mol. The first-order valence-electron chi connectivity index (χ1n) is 9.69. The Bertz CT molecular complexity index is 727. The number of nitrogens with zero attached hydrogens (tertiary/aromatic N) is 2. The number of piperazine rings is 1. The topological polar surface area (TPSA) is 35.6 Å². The maximum absolute atomic E-state index is 12.6. The van der Waals surface area contributed by atoms with E-state index in [2.05, 4.69) is 59.3 Å². The molecule has 1 aliphatic heterocycles. The van der Waals surface area contributed by atoms with Crippen molar-refractivity contribution in [2.75, 3.05) is 44.2 Å². The molecule has 0 bridgehead atoms. The van der Waals surface area contributed by atoms with E-state index in [-0.39, 0.29) is 5.91 Å². The molecule has 1 N–H and O–H groups in total. The van der Waals surface area contributed by atoms with E-state index in [1.54, 1.807) is 11.8 Å². The van der Waals surface area contributed by atoms with Gasteiger partial charge in [0.25, 0.3) is 5.91 Å². The van der Waals surface area contributed by atoms with E-state index >= 15 is 0 Å². The average Bonchev–Trinajstić information content (AvgIpc) is 2.69. The summed E-state index contributed by atoms with van der Waals surface area (Å²) in [4.78, 5) is 18.5. The van der Waals surface area contributed by atoms with Gasteiger partial charge in [-0.05, 0) is 24.3 Å². The molecule has 0 radical (unpaired) electrons. The van der Waals surface area contributed by atoms with E-state index in [1.807, 2.05) is 24.3 Å². The Balaban J connectivity index is 1.44. The van der Waals surface area contributed by atoms with Crippen LogP contribution in [0.1, 0.15) is 24.2 Å². The Morgan fingerprint density at radius 3 is 2.37 bits per heavy atom. The fraction of sp³-hybridized carbons (Fsp3) is 0.409. The summed E-state index contributed by atoms with van der Waals surface area (Å²) in [5.41, 5.74) is 2.08. The maximum atomic E-state index is 12.6. The minimum absolute atomic E-state index is 0.0293. The molecule has 0 aromatic heterocycles. The van der Waals surface area contributed by atoms with Gasteiger partial charge in [0.1, 0.15) is 0 Å². The second kappa shape index (κ2) is 9.81. The van der Waals surface area contributed by atoms with Crippen molar-refractivity contribution in [2.45, 2.75) is 24.0 Å². The van der Waals surface area contributed by atoms with E-state index in [4.69, 9.17) is 0 Å². The van der Waals surface area contributed by atoms with Crippen LogP contribution in [0.5, 0.6) is 0 Å². The number of hydrogen-bond donors (Lipinski definition) is 1. The zero-order chi connectivity index (χ0) is 19.1. The van der Waals surface area contributed by atoms with E-state index in [9.17, 15) is 4.79 Å². The standard InChI is InChI=1S/C22H29N3OS/c1-18(2)27-21-11-7-6-10-20(21)22(26)23-12-13-24-14-16-25(17-15-24)19-8-4-3-5-9-19/h3-11,18H,12-17H2,1-2H3,(H,23,26). The summed E-state index contributed by atoms with van der Waals surface area (Å²) in [6.45, 7) is 10.0. The van der Waals surface area contributed by atoms with Gasteiger partial charge in [0.05, 0.1) is 5.56 Å². The number of thioether (sulfide) groups is 1. The first-order valence-corrected chi connectivity index (χ1v) is 10.6. The van der Waals surface area contributed by atoms with Crippen molar-refractivity contribution in [1.82, 2.24) is 10.2 Å². The lowest BCUT2D eigenvalue weighted by molar-refractivity contribution is 0.0945. The SMILES string of the molecule is CC(C)Sc1ccccc1C(=O)NCCN1CCN(c2ccccc2)CC1. The monoisotopic (exact) mass is 383 g/mol. The van der Waals surface area contributed by atoms with Crippen LogP contribution in [0.3, 0.4) is 0 Å². The summed E-state index contributed by atoms with van der Waals surface area (Å²) in [6, 6.07) is 18.4. The smallest absolute Gasteiger partial charge is 0.252 e. The van der Waals surface area contributed by atoms with Crippen LogP contribution in [0.25, 0.3) is 0 Å². The molecule has 0 atom stereocenters. The van der Waals surface area contributed by atoms with Crippen LogP contribution in [0.15, 0.2) is 59.5 Å². The summed E-state index contributed by atoms with van der Waals surface area (Å²) in [5, 5.41) is 3.55. The van der Waals surface area contributed by atoms with E-state index in [1.165, 1.54) is 5.69 Å². The van der Waals surface area contributed by atoms with Crippen LogP contribution in [-0.2, 0) is 0 Å². The number of carbonyl (C=O) groups excluding carboxylic acids is 1. The molecule has 0 unspecified atom stereocenters. The minimum atomic E-state index is 0.0293. The lowest BCUT2D eigenvalue weighted by Crippen LogP contribution is -2.48. The third kappa shape index (κ3) is 5.75. The number of nitrogens with one attached hydrogen (secondary N) is 1. The molecule has 0 saturated carbocycles. The quantitative estimate of drug-likeness (QED) is 0.739. The van der Waals surface area contributed by atoms with Gasteiger partial charge in [-0.15, -0.1) is 11.8 Å². The molecule has 1 saturated heterocycles. The fourth-order valence-electron chi connectivity index (χ4n) is 3.30. The van der Waals surface area contributed by atoms with Gasteiger partial charge in [-0.1, -0.05) is 44.2 Å². The number of para-hydroxylation sites is 1. The van der Waals surface area contributed by atoms with Crippen LogP contribution in [0, 0.1) is 0 Å². The Kier molecular flexibility index (Phi) is 7.18. The summed E-state index contributed by atoms with van der Waals surface area (Å²) >= 11 is 1.74. The summed E-state index contributed by atoms with van der Waals surface area (Å²) in [6.07, 6.45) is 0. The summed E-state index contributed by atoms with van der Waals surface area (Å²) in [7, 11) is 0. The van der Waals surface area contributed by atoms with Gasteiger partial charge in [-0.25, -0.2) is 0 Å². The van der Waals surface area contributed by atoms with Crippen LogP contribution in [0.4, 0.5) is 5.69 Å². The molecule has 4 nitrogen and oxygen atoms in total. The van der Waals surface area contributed by atoms with Crippen molar-refractivity contribution in [3.05, 3.63) is 60.2 Å². The largest absolute Gasteiger partial charge is 0.369 e. The van der Waals surface area contributed by atoms with Crippen molar-refractivity contribution in [3.63, 3.8) is 0 Å². The van der Waals surface area contributed by atoms with Gasteiger partial charge in [0, 0.05) is 55.1 Å². The zero-order valence-corrected chi connectivity index (χ0v) is 17.0. The predicted molar refractivity (Wildman–Crippen MR) is 115 cm³/mol. The van der Waals surface area contributed by atoms with Crippen LogP contribution in [0.2, 0.25) is 0 Å². The molecular weight excluding hydrogens is 354 g/mol. The number of hydrogen-bond acceptors (Lipinski definition) is 4. The van der Waals surface area contributed by atoms with Gasteiger partial charge in [0.2, 0.25) is 0 Å². The van der Waals surface area contributed by atoms with Gasteiger partial charge in [-0.2, -0.15) is 0 Å². The Morgan fingerprint density at radius 1 is 1.00 bits per heavy atom. The third-order valence-electron chi connectivity index (χ3n) is 4.70. The van der Waals surface area contributed by atoms with Gasteiger partial charge >= 0.3 is 0 Å². The molecule has 1 amide bonds. The second-order valence-electron chi connectivity index (χ2n) is 7.08. The number of anilines is 1. The van der Waals surface area contributed by atoms with E-state index < -0.39 is 0 Å². The molecular formula is C22H29N3OS. The molecule has 0 spiro atoms. The van der Waals surface area contributed by atoms with Gasteiger partial charge in [-0.3, -0.25) is 9.69 Å².